The Hall–Kier alpha value is -1.16. The molecule has 0 fully saturated rings. The lowest BCUT2D eigenvalue weighted by Crippen LogP contribution is -1.98. The minimum atomic E-state index is -0.520. The Morgan fingerprint density at radius 1 is 1.17 bits per heavy atom. The highest BCUT2D eigenvalue weighted by Crippen LogP contribution is 2.32. The Bertz CT molecular complexity index is 567. The van der Waals surface area contributed by atoms with Crippen LogP contribution in [0.5, 0.6) is 0 Å². The van der Waals surface area contributed by atoms with E-state index in [1.807, 2.05) is 6.07 Å². The van der Waals surface area contributed by atoms with Crippen LogP contribution in [-0.4, -0.2) is 5.11 Å². The van der Waals surface area contributed by atoms with Gasteiger partial charge in [0.15, 0.2) is 0 Å². The SMILES string of the molecule is Cc1cc(C(O)c2ccc3c(c2)COC3)sc1C. The molecule has 0 bridgehead atoms. The topological polar surface area (TPSA) is 29.5 Å². The van der Waals surface area contributed by atoms with Crippen LogP contribution in [0.1, 0.15) is 38.1 Å². The lowest BCUT2D eigenvalue weighted by molar-refractivity contribution is 0.134. The van der Waals surface area contributed by atoms with Crippen LogP contribution in [0.15, 0.2) is 24.3 Å². The predicted molar refractivity (Wildman–Crippen MR) is 72.8 cm³/mol. The van der Waals surface area contributed by atoms with Gasteiger partial charge in [0.2, 0.25) is 0 Å². The third-order valence-corrected chi connectivity index (χ3v) is 4.72. The second kappa shape index (κ2) is 4.50. The Kier molecular flexibility index (Phi) is 2.98. The lowest BCUT2D eigenvalue weighted by Gasteiger charge is -2.10. The summed E-state index contributed by atoms with van der Waals surface area (Å²) in [6, 6.07) is 8.21. The van der Waals surface area contributed by atoms with E-state index in [0.29, 0.717) is 13.2 Å². The van der Waals surface area contributed by atoms with Gasteiger partial charge in [0.1, 0.15) is 6.10 Å². The van der Waals surface area contributed by atoms with E-state index < -0.39 is 6.10 Å². The van der Waals surface area contributed by atoms with Crippen molar-refractivity contribution < 1.29 is 9.84 Å². The Morgan fingerprint density at radius 2 is 1.94 bits per heavy atom. The fourth-order valence-electron chi connectivity index (χ4n) is 2.26. The minimum Gasteiger partial charge on any atom is -0.383 e. The van der Waals surface area contributed by atoms with E-state index in [-0.39, 0.29) is 0 Å². The molecule has 1 unspecified atom stereocenters. The largest absolute Gasteiger partial charge is 0.383 e. The summed E-state index contributed by atoms with van der Waals surface area (Å²) in [5, 5.41) is 10.4. The Labute approximate surface area is 111 Å². The summed E-state index contributed by atoms with van der Waals surface area (Å²) >= 11 is 1.67. The van der Waals surface area contributed by atoms with Crippen molar-refractivity contribution in [3.05, 3.63) is 56.3 Å². The third kappa shape index (κ3) is 1.99. The van der Waals surface area contributed by atoms with Crippen molar-refractivity contribution in [1.82, 2.24) is 0 Å². The van der Waals surface area contributed by atoms with E-state index in [1.165, 1.54) is 21.6 Å². The molecular weight excluding hydrogens is 244 g/mol. The highest BCUT2D eigenvalue weighted by Gasteiger charge is 2.17. The van der Waals surface area contributed by atoms with Crippen LogP contribution in [0.4, 0.5) is 0 Å². The van der Waals surface area contributed by atoms with Gasteiger partial charge in [0, 0.05) is 9.75 Å². The van der Waals surface area contributed by atoms with Crippen LogP contribution < -0.4 is 0 Å². The number of thiophene rings is 1. The molecule has 1 atom stereocenters. The molecule has 1 aromatic heterocycles. The van der Waals surface area contributed by atoms with E-state index in [2.05, 4.69) is 32.0 Å². The van der Waals surface area contributed by atoms with E-state index in [4.69, 9.17) is 4.74 Å². The maximum Gasteiger partial charge on any atom is 0.113 e. The van der Waals surface area contributed by atoms with Gasteiger partial charge in [-0.15, -0.1) is 11.3 Å². The number of benzene rings is 1. The van der Waals surface area contributed by atoms with E-state index in [9.17, 15) is 5.11 Å². The van der Waals surface area contributed by atoms with Crippen LogP contribution in [0.3, 0.4) is 0 Å². The zero-order valence-electron chi connectivity index (χ0n) is 10.6. The number of ether oxygens (including phenoxy) is 1. The molecule has 18 heavy (non-hydrogen) atoms. The Morgan fingerprint density at radius 3 is 2.67 bits per heavy atom. The first-order valence-electron chi connectivity index (χ1n) is 6.09. The monoisotopic (exact) mass is 260 g/mol. The van der Waals surface area contributed by atoms with Gasteiger partial charge in [0.05, 0.1) is 13.2 Å². The van der Waals surface area contributed by atoms with Crippen LogP contribution >= 0.6 is 11.3 Å². The zero-order valence-corrected chi connectivity index (χ0v) is 11.4. The van der Waals surface area contributed by atoms with Crippen molar-refractivity contribution in [3.63, 3.8) is 0 Å². The highest BCUT2D eigenvalue weighted by atomic mass is 32.1. The number of aliphatic hydroxyl groups excluding tert-OH is 1. The quantitative estimate of drug-likeness (QED) is 0.895. The first-order valence-corrected chi connectivity index (χ1v) is 6.91. The number of hydrogen-bond donors (Lipinski definition) is 1. The molecule has 2 nitrogen and oxygen atoms in total. The van der Waals surface area contributed by atoms with Gasteiger partial charge in [-0.05, 0) is 42.2 Å². The molecule has 94 valence electrons. The second-order valence-corrected chi connectivity index (χ2v) is 6.10. The standard InChI is InChI=1S/C15H16O2S/c1-9-5-14(18-10(9)2)15(16)11-3-4-12-7-17-8-13(12)6-11/h3-6,15-16H,7-8H2,1-2H3. The number of rotatable bonds is 2. The molecule has 1 N–H and O–H groups in total. The van der Waals surface area contributed by atoms with Gasteiger partial charge in [0.25, 0.3) is 0 Å². The van der Waals surface area contributed by atoms with Gasteiger partial charge >= 0.3 is 0 Å². The molecule has 3 rings (SSSR count). The molecule has 2 aromatic rings. The fourth-order valence-corrected chi connectivity index (χ4v) is 3.32. The average Bonchev–Trinajstić information content (AvgIpc) is 2.95. The van der Waals surface area contributed by atoms with Crippen LogP contribution in [0, 0.1) is 13.8 Å². The van der Waals surface area contributed by atoms with Crippen LogP contribution in [0.2, 0.25) is 0 Å². The third-order valence-electron chi connectivity index (χ3n) is 3.52. The normalized spacial score (nSPS) is 15.7. The molecule has 2 heterocycles. The van der Waals surface area contributed by atoms with Crippen LogP contribution in [-0.2, 0) is 18.0 Å². The average molecular weight is 260 g/mol. The number of hydrogen-bond acceptors (Lipinski definition) is 3. The lowest BCUT2D eigenvalue weighted by atomic mass is 10.0. The van der Waals surface area contributed by atoms with Gasteiger partial charge in [-0.25, -0.2) is 0 Å². The van der Waals surface area contributed by atoms with E-state index >= 15 is 0 Å². The molecule has 0 saturated carbocycles. The number of fused-ring (bicyclic) bond motifs is 1. The first kappa shape index (κ1) is 11.9. The first-order chi connectivity index (χ1) is 8.65. The maximum atomic E-state index is 10.4. The zero-order chi connectivity index (χ0) is 12.7. The van der Waals surface area contributed by atoms with Gasteiger partial charge < -0.3 is 9.84 Å². The van der Waals surface area contributed by atoms with E-state index in [1.54, 1.807) is 11.3 Å². The second-order valence-electron chi connectivity index (χ2n) is 4.81. The fraction of sp³-hybridized carbons (Fsp3) is 0.333. The molecule has 0 saturated heterocycles. The molecule has 0 aliphatic carbocycles. The van der Waals surface area contributed by atoms with Crippen molar-refractivity contribution >= 4 is 11.3 Å². The molecule has 0 amide bonds. The maximum absolute atomic E-state index is 10.4. The molecule has 1 aromatic carbocycles. The highest BCUT2D eigenvalue weighted by molar-refractivity contribution is 7.12. The summed E-state index contributed by atoms with van der Waals surface area (Å²) in [5.74, 6) is 0. The summed E-state index contributed by atoms with van der Waals surface area (Å²) in [7, 11) is 0. The van der Waals surface area contributed by atoms with E-state index in [0.717, 1.165) is 10.4 Å². The predicted octanol–water partition coefficient (Wildman–Crippen LogP) is 3.48. The van der Waals surface area contributed by atoms with Gasteiger partial charge in [-0.2, -0.15) is 0 Å². The van der Waals surface area contributed by atoms with Gasteiger partial charge in [-0.3, -0.25) is 0 Å². The van der Waals surface area contributed by atoms with Crippen LogP contribution in [0.25, 0.3) is 0 Å². The van der Waals surface area contributed by atoms with Crippen molar-refractivity contribution in [2.45, 2.75) is 33.2 Å². The summed E-state index contributed by atoms with van der Waals surface area (Å²) < 4.78 is 5.40. The summed E-state index contributed by atoms with van der Waals surface area (Å²) in [5.41, 5.74) is 4.65. The Balaban J connectivity index is 1.94. The van der Waals surface area contributed by atoms with Crippen molar-refractivity contribution in [2.24, 2.45) is 0 Å². The molecular formula is C15H16O2S. The smallest absolute Gasteiger partial charge is 0.113 e. The number of aliphatic hydroxyl groups is 1. The molecule has 1 aliphatic rings. The molecule has 0 radical (unpaired) electrons. The van der Waals surface area contributed by atoms with Gasteiger partial charge in [-0.1, -0.05) is 18.2 Å². The van der Waals surface area contributed by atoms with Crippen molar-refractivity contribution in [3.8, 4) is 0 Å². The van der Waals surface area contributed by atoms with Crippen molar-refractivity contribution in [2.75, 3.05) is 0 Å². The summed E-state index contributed by atoms with van der Waals surface area (Å²) in [6.45, 7) is 5.53. The molecule has 3 heteroatoms. The number of aryl methyl sites for hydroxylation is 2. The molecule has 0 spiro atoms. The summed E-state index contributed by atoms with van der Waals surface area (Å²) in [4.78, 5) is 2.29. The summed E-state index contributed by atoms with van der Waals surface area (Å²) in [6.07, 6.45) is -0.520. The van der Waals surface area contributed by atoms with Crippen molar-refractivity contribution in [1.29, 1.82) is 0 Å². The molecule has 1 aliphatic heterocycles. The minimum absolute atomic E-state index is 0.520.